The van der Waals surface area contributed by atoms with E-state index >= 15 is 0 Å². The number of furan rings is 4. The Morgan fingerprint density at radius 1 is 0.336 bits per heavy atom. The number of anilines is 20. The standard InChI is InChI=1S/C33H37N7O.C31H33N7O.C29H29N7O.C22H26N6O/c1-18(2)37-22(7)39(31-26(37)11-9-15-34-31)28-17-25-24-14-13-20(5)36-33(24)41-30(25)29(21(28)6)40-23(8)38(19(3)4)27-12-10-16-35-32(27)40;1-7-35-20(5)37(29-24(35)11-9-15-32-29)26-17-23-22-14-13-18(3)34-31(22)39-28(23)27(19(26)4)38-21(6)36(8-2)25-12-10-16-33-30(25)38;1-16-11-12-20-21-15-24(35-18(3)33(5)22-9-7-13-30-27(22)35)17(2)25(26(21)37-29(20)32-16)36-19(4)34(6)23-10-8-14-31-28(23)36;1-13-19(27-9-7-25(5)15(27)3)11-17-18-12-23-14(2)24-22(18)29-21(17)20(13)28-10-8-26(6)16(28)4/h9-19,22-23H,1-8H3;9-17,20-21H,7-8H2,1-6H3;7-15,18-19H,1-6H3;7-12,15-16H,1-6H3/t22-,23+;20-,21+;18-,19+;15-,16+/m1111/s1/i1D3,3D3,4D3,18D,19D;2D3,7D2;6D3;/t18?,22-,23+;2m;. The van der Waals surface area contributed by atoms with Crippen LogP contribution in [0.2, 0.25) is 0 Å². The van der Waals surface area contributed by atoms with Crippen molar-refractivity contribution in [2.24, 2.45) is 0 Å². The molecule has 744 valence electrons. The van der Waals surface area contributed by atoms with E-state index in [1.165, 1.54) is 34.2 Å². The molecule has 0 amide bonds. The first-order valence-electron chi connectivity index (χ1n) is 58.4. The first-order valence-corrected chi connectivity index (χ1v) is 48.9. The summed E-state index contributed by atoms with van der Waals surface area (Å²) in [5, 5.41) is 6.73. The van der Waals surface area contributed by atoms with Crippen molar-refractivity contribution >= 4 is 203 Å². The number of nitrogens with zero attached hydrogens (tertiary/aromatic N) is 27. The minimum atomic E-state index is -3.28. The highest BCUT2D eigenvalue weighted by Gasteiger charge is 2.47. The molecule has 0 saturated heterocycles. The topological polar surface area (TPSA) is 246 Å². The quantitative estimate of drug-likeness (QED) is 0.110. The van der Waals surface area contributed by atoms with Crippen molar-refractivity contribution in [3.8, 4) is 0 Å². The van der Waals surface area contributed by atoms with Crippen LogP contribution >= 0.6 is 0 Å². The third kappa shape index (κ3) is 14.2. The van der Waals surface area contributed by atoms with Crippen LogP contribution in [0.3, 0.4) is 0 Å². The van der Waals surface area contributed by atoms with Gasteiger partial charge in [0.2, 0.25) is 22.9 Å². The van der Waals surface area contributed by atoms with Crippen molar-refractivity contribution in [3.63, 3.8) is 0 Å². The van der Waals surface area contributed by atoms with Crippen LogP contribution in [0, 0.1) is 55.4 Å². The normalized spacial score (nSPS) is 22.1. The van der Waals surface area contributed by atoms with Gasteiger partial charge in [-0.25, -0.2) is 49.8 Å². The van der Waals surface area contributed by atoms with Crippen LogP contribution in [0.4, 0.5) is 115 Å². The molecular formula is C115H125N27O4. The molecule has 8 aliphatic heterocycles. The summed E-state index contributed by atoms with van der Waals surface area (Å²) in [7, 11) is 6.25. The second-order valence-corrected chi connectivity index (χ2v) is 38.4. The van der Waals surface area contributed by atoms with Gasteiger partial charge >= 0.3 is 0 Å². The van der Waals surface area contributed by atoms with E-state index in [2.05, 4.69) is 179 Å². The molecule has 31 nitrogen and oxygen atoms in total. The molecule has 0 aliphatic carbocycles. The van der Waals surface area contributed by atoms with Crippen molar-refractivity contribution in [1.82, 2.24) is 64.6 Å². The zero-order valence-electron chi connectivity index (χ0n) is 104. The van der Waals surface area contributed by atoms with Crippen molar-refractivity contribution in [2.75, 3.05) is 110 Å². The summed E-state index contributed by atoms with van der Waals surface area (Å²) in [5.41, 5.74) is 20.5. The lowest BCUT2D eigenvalue weighted by Gasteiger charge is -2.35. The molecule has 0 bridgehead atoms. The maximum atomic E-state index is 9.21. The van der Waals surface area contributed by atoms with Crippen molar-refractivity contribution in [3.05, 3.63) is 247 Å². The lowest BCUT2D eigenvalue weighted by molar-refractivity contribution is 0.381. The van der Waals surface area contributed by atoms with Crippen LogP contribution < -0.4 is 68.6 Å². The van der Waals surface area contributed by atoms with Gasteiger partial charge in [-0.2, -0.15) is 4.98 Å². The Morgan fingerprint density at radius 2 is 0.685 bits per heavy atom. The maximum absolute atomic E-state index is 9.21. The van der Waals surface area contributed by atoms with Crippen LogP contribution in [0.1, 0.15) is 168 Å². The fourth-order valence-corrected chi connectivity index (χ4v) is 22.5. The van der Waals surface area contributed by atoms with E-state index in [1.807, 2.05) is 168 Å². The number of fused-ring (bicyclic) bond motifs is 18. The van der Waals surface area contributed by atoms with Crippen LogP contribution in [0.15, 0.2) is 219 Å². The van der Waals surface area contributed by atoms with Gasteiger partial charge in [0.05, 0.1) is 82.1 Å². The van der Waals surface area contributed by atoms with E-state index in [4.69, 9.17) is 62.3 Å². The molecular weight excluding hydrogens is 1820 g/mol. The molecule has 8 aliphatic rings. The van der Waals surface area contributed by atoms with Crippen molar-refractivity contribution in [1.29, 1.82) is 0 Å². The Hall–Kier alpha value is -16.2. The van der Waals surface area contributed by atoms with Crippen molar-refractivity contribution in [2.45, 2.75) is 213 Å². The summed E-state index contributed by atoms with van der Waals surface area (Å²) in [4.78, 5) is 81.9. The predicted octanol–water partition coefficient (Wildman–Crippen LogP) is 25.2. The molecule has 4 aromatic carbocycles. The van der Waals surface area contributed by atoms with E-state index in [-0.39, 0.29) is 36.5 Å². The zero-order valence-corrected chi connectivity index (χ0v) is 85.1. The lowest BCUT2D eigenvalue weighted by atomic mass is 10.0. The second-order valence-electron chi connectivity index (χ2n) is 38.4. The number of pyridine rings is 9. The van der Waals surface area contributed by atoms with Gasteiger partial charge in [0, 0.05) is 227 Å². The highest BCUT2D eigenvalue weighted by atomic mass is 16.4. The number of hydrogen-bond donors (Lipinski definition) is 0. The first-order chi connectivity index (χ1) is 77.7. The maximum Gasteiger partial charge on any atom is 0.230 e. The molecule has 26 rings (SSSR count). The second kappa shape index (κ2) is 35.4. The Kier molecular flexibility index (Phi) is 17.9. The average molecular weight is 1970 g/mol. The molecule has 0 spiro atoms. The van der Waals surface area contributed by atoms with Crippen LogP contribution in [0.25, 0.3) is 88.3 Å². The monoisotopic (exact) mass is 1970 g/mol. The van der Waals surface area contributed by atoms with Crippen molar-refractivity contribution < 1.29 is 43.7 Å². The molecule has 0 N–H and O–H groups in total. The van der Waals surface area contributed by atoms with Gasteiger partial charge in [0.1, 0.15) is 55.2 Å². The predicted molar refractivity (Wildman–Crippen MR) is 593 cm³/mol. The van der Waals surface area contributed by atoms with E-state index in [0.717, 1.165) is 111 Å². The number of benzene rings is 4. The fraction of sp³-hybridized carbons (Fsp3) is 0.330. The van der Waals surface area contributed by atoms with Gasteiger partial charge in [0.15, 0.2) is 57.2 Å². The van der Waals surface area contributed by atoms with E-state index in [1.54, 1.807) is 85.7 Å². The molecule has 0 radical (unpaired) electrons. The summed E-state index contributed by atoms with van der Waals surface area (Å²) in [6.45, 7) is 18.7. The van der Waals surface area contributed by atoms with Gasteiger partial charge in [-0.15, -0.1) is 0 Å². The fourth-order valence-electron chi connectivity index (χ4n) is 22.5. The molecule has 14 aromatic heterocycles. The van der Waals surface area contributed by atoms with Gasteiger partial charge in [-0.3, -0.25) is 0 Å². The summed E-state index contributed by atoms with van der Waals surface area (Å²) >= 11 is 0. The smallest absolute Gasteiger partial charge is 0.230 e. The third-order valence-electron chi connectivity index (χ3n) is 30.2. The van der Waals surface area contributed by atoms with E-state index < -0.39 is 83.7 Å². The molecule has 1 unspecified atom stereocenters. The van der Waals surface area contributed by atoms with Gasteiger partial charge < -0.3 is 96.1 Å². The highest BCUT2D eigenvalue weighted by Crippen LogP contribution is 2.59. The van der Waals surface area contributed by atoms with Gasteiger partial charge in [0.25, 0.3) is 0 Å². The average Bonchev–Trinajstić information content (AvgIpc) is 1.55. The molecule has 31 heteroatoms. The molecule has 0 saturated carbocycles. The molecule has 22 heterocycles. The third-order valence-corrected chi connectivity index (χ3v) is 30.2. The lowest BCUT2D eigenvalue weighted by Crippen LogP contribution is -2.43. The first kappa shape index (κ1) is 73.8. The Balaban J connectivity index is 0.000000120. The van der Waals surface area contributed by atoms with E-state index in [0.29, 0.717) is 119 Å². The van der Waals surface area contributed by atoms with Gasteiger partial charge in [-0.1, -0.05) is 0 Å². The zero-order chi connectivity index (χ0) is 118. The summed E-state index contributed by atoms with van der Waals surface area (Å²) in [6.07, 6.45) is 17.6. The molecule has 0 fully saturated rings. The van der Waals surface area contributed by atoms with Crippen LogP contribution in [0.5, 0.6) is 0 Å². The Bertz CT molecular complexity index is 9220. The number of aromatic nitrogens is 11. The number of rotatable bonds is 12. The van der Waals surface area contributed by atoms with Crippen LogP contribution in [-0.2, 0) is 0 Å². The summed E-state index contributed by atoms with van der Waals surface area (Å²) < 4.78 is 185. The Morgan fingerprint density at radius 3 is 1.15 bits per heavy atom. The summed E-state index contributed by atoms with van der Waals surface area (Å²) in [5.74, 6) is 4.06. The van der Waals surface area contributed by atoms with Crippen LogP contribution in [-0.4, -0.2) is 167 Å². The minimum absolute atomic E-state index is 0.00674. The SMILES string of the molecule is Cc1ncc2c(n1)oc1c(N3C=CN(C)[C@@H]3C)c(C)c(N3C=CN(C)[C@H]3C)cc12.[2H]C([2H])([2H])C([2H])(C)N1c2cccnc2N(c2cc3c(oc4nc(C)ccc43)c(N3c4ncccc4N(C([2H])(C([2H])([2H])[2H])C([2H])([2H])[2H])[C@@H]3C)c2C)[C@@H]1C.[2H]C([2H])([2H])CN1c2cccnc2N(c2c(C)c(N3c4ncccc4N(C([2H])([2H])C)[C@H]3C)cc3c2oc2nc(C)ccc23)[C@H]1C.[2H]C([2H])([2H])N1c2cccnc2N(c2c(C)c(N3c4ncccc4N(C)[C@H]3C)cc3c2oc2nc(C)ccc23)[C@H]1C. The molecule has 9 atom stereocenters. The molecule has 146 heavy (non-hydrogen) atoms. The Labute approximate surface area is 877 Å². The van der Waals surface area contributed by atoms with Gasteiger partial charge in [-0.05, 0) is 285 Å². The summed E-state index contributed by atoms with van der Waals surface area (Å²) in [6, 6.07) is 36.4. The molecule has 18 aromatic rings. The number of aryl methyl sites for hydroxylation is 4. The number of hydrogen-bond acceptors (Lipinski definition) is 31. The van der Waals surface area contributed by atoms with E-state index in [9.17, 15) is 1.37 Å². The largest absolute Gasteiger partial charge is 0.435 e. The minimum Gasteiger partial charge on any atom is -0.435 e. The highest BCUT2D eigenvalue weighted by molar-refractivity contribution is 6.17.